The van der Waals surface area contributed by atoms with Crippen LogP contribution in [0, 0.1) is 5.82 Å². The number of benzene rings is 2. The zero-order valence-corrected chi connectivity index (χ0v) is 14.2. The first-order valence-electron chi connectivity index (χ1n) is 8.13. The van der Waals surface area contributed by atoms with Crippen LogP contribution in [0.5, 0.6) is 0 Å². The van der Waals surface area contributed by atoms with E-state index in [9.17, 15) is 9.18 Å². The van der Waals surface area contributed by atoms with E-state index in [1.165, 1.54) is 17.7 Å². The Labute approximate surface area is 146 Å². The Morgan fingerprint density at radius 3 is 2.21 bits per heavy atom. The molecule has 2 aromatic carbocycles. The molecule has 2 aromatic rings. The largest absolute Gasteiger partial charge is 0.336 e. The van der Waals surface area contributed by atoms with Gasteiger partial charge in [0.1, 0.15) is 5.82 Å². The molecule has 0 radical (unpaired) electrons. The van der Waals surface area contributed by atoms with E-state index < -0.39 is 0 Å². The molecule has 0 N–H and O–H groups in total. The molecule has 0 atom stereocenters. The average Bonchev–Trinajstić information content (AvgIpc) is 2.62. The van der Waals surface area contributed by atoms with Crippen molar-refractivity contribution in [1.29, 1.82) is 0 Å². The molecule has 1 amide bonds. The zero-order valence-electron chi connectivity index (χ0n) is 13.4. The van der Waals surface area contributed by atoms with E-state index in [-0.39, 0.29) is 11.7 Å². The maximum absolute atomic E-state index is 13.0. The number of nitrogens with zero attached hydrogens (tertiary/aromatic N) is 2. The Morgan fingerprint density at radius 2 is 1.58 bits per heavy atom. The van der Waals surface area contributed by atoms with Gasteiger partial charge in [0.25, 0.3) is 5.91 Å². The highest BCUT2D eigenvalue weighted by Crippen LogP contribution is 2.12. The van der Waals surface area contributed by atoms with Gasteiger partial charge in [0.2, 0.25) is 0 Å². The number of rotatable bonds is 4. The van der Waals surface area contributed by atoms with Crippen molar-refractivity contribution < 1.29 is 9.18 Å². The third-order valence-electron chi connectivity index (χ3n) is 4.38. The molecule has 5 heteroatoms. The van der Waals surface area contributed by atoms with Crippen molar-refractivity contribution in [2.75, 3.05) is 32.7 Å². The third-order valence-corrected chi connectivity index (χ3v) is 4.63. The molecule has 24 heavy (non-hydrogen) atoms. The van der Waals surface area contributed by atoms with Gasteiger partial charge in [-0.15, -0.1) is 0 Å². The summed E-state index contributed by atoms with van der Waals surface area (Å²) in [5, 5.41) is 0.756. The first kappa shape index (κ1) is 16.9. The summed E-state index contributed by atoms with van der Waals surface area (Å²) in [7, 11) is 0. The second-order valence-corrected chi connectivity index (χ2v) is 6.45. The lowest BCUT2D eigenvalue weighted by molar-refractivity contribution is 0.0638. The molecule has 126 valence electrons. The normalized spacial score (nSPS) is 15.5. The lowest BCUT2D eigenvalue weighted by Gasteiger charge is -2.34. The van der Waals surface area contributed by atoms with Crippen LogP contribution in [0.2, 0.25) is 5.02 Å². The van der Waals surface area contributed by atoms with E-state index in [4.69, 9.17) is 11.6 Å². The van der Waals surface area contributed by atoms with Gasteiger partial charge in [-0.3, -0.25) is 9.69 Å². The van der Waals surface area contributed by atoms with Crippen molar-refractivity contribution in [3.8, 4) is 0 Å². The first-order chi connectivity index (χ1) is 11.6. The van der Waals surface area contributed by atoms with Gasteiger partial charge in [0.05, 0.1) is 0 Å². The minimum atomic E-state index is -0.321. The second kappa shape index (κ2) is 7.77. The molecule has 1 saturated heterocycles. The molecule has 0 saturated carbocycles. The van der Waals surface area contributed by atoms with Gasteiger partial charge in [0.15, 0.2) is 0 Å². The molecule has 0 unspecified atom stereocenters. The molecule has 1 aliphatic heterocycles. The van der Waals surface area contributed by atoms with E-state index in [0.29, 0.717) is 18.7 Å². The SMILES string of the molecule is O=C(c1ccc(F)cc1)N1CCN(CCc2ccc(Cl)cc2)CC1. The van der Waals surface area contributed by atoms with Crippen LogP contribution in [0.15, 0.2) is 48.5 Å². The molecule has 1 aliphatic rings. The monoisotopic (exact) mass is 346 g/mol. The van der Waals surface area contributed by atoms with Crippen molar-refractivity contribution in [3.05, 3.63) is 70.5 Å². The summed E-state index contributed by atoms with van der Waals surface area (Å²) in [6.45, 7) is 4.11. The molecular weight excluding hydrogens is 327 g/mol. The molecule has 0 bridgehead atoms. The smallest absolute Gasteiger partial charge is 0.253 e. The highest BCUT2D eigenvalue weighted by Gasteiger charge is 2.21. The van der Waals surface area contributed by atoms with Crippen LogP contribution in [-0.4, -0.2) is 48.4 Å². The number of carbonyl (C=O) groups excluding carboxylic acids is 1. The Hall–Kier alpha value is -1.91. The number of hydrogen-bond acceptors (Lipinski definition) is 2. The fraction of sp³-hybridized carbons (Fsp3) is 0.316. The summed E-state index contributed by atoms with van der Waals surface area (Å²) in [5.74, 6) is -0.342. The molecule has 0 spiro atoms. The summed E-state index contributed by atoms with van der Waals surface area (Å²) in [6, 6.07) is 13.7. The van der Waals surface area contributed by atoms with Crippen LogP contribution in [0.25, 0.3) is 0 Å². The second-order valence-electron chi connectivity index (χ2n) is 6.02. The summed E-state index contributed by atoms with van der Waals surface area (Å²) in [6.07, 6.45) is 0.975. The van der Waals surface area contributed by atoms with Gasteiger partial charge in [-0.1, -0.05) is 23.7 Å². The van der Waals surface area contributed by atoms with Gasteiger partial charge < -0.3 is 4.90 Å². The number of carbonyl (C=O) groups is 1. The summed E-state index contributed by atoms with van der Waals surface area (Å²) >= 11 is 5.90. The van der Waals surface area contributed by atoms with Crippen LogP contribution in [0.3, 0.4) is 0 Å². The van der Waals surface area contributed by atoms with Gasteiger partial charge >= 0.3 is 0 Å². The molecule has 3 rings (SSSR count). The van der Waals surface area contributed by atoms with Crippen molar-refractivity contribution in [1.82, 2.24) is 9.80 Å². The van der Waals surface area contributed by atoms with Crippen molar-refractivity contribution in [2.45, 2.75) is 6.42 Å². The molecule has 0 aromatic heterocycles. The van der Waals surface area contributed by atoms with Gasteiger partial charge in [-0.25, -0.2) is 4.39 Å². The van der Waals surface area contributed by atoms with Crippen LogP contribution >= 0.6 is 11.6 Å². The Balaban J connectivity index is 1.47. The average molecular weight is 347 g/mol. The molecule has 1 fully saturated rings. The summed E-state index contributed by atoms with van der Waals surface area (Å²) in [5.41, 5.74) is 1.82. The number of halogens is 2. The van der Waals surface area contributed by atoms with Crippen LogP contribution in [0.1, 0.15) is 15.9 Å². The van der Waals surface area contributed by atoms with E-state index in [1.54, 1.807) is 12.1 Å². The minimum absolute atomic E-state index is 0.0210. The van der Waals surface area contributed by atoms with Crippen LogP contribution in [-0.2, 0) is 6.42 Å². The predicted octanol–water partition coefficient (Wildman–Crippen LogP) is 3.48. The third kappa shape index (κ3) is 4.34. The van der Waals surface area contributed by atoms with Gasteiger partial charge in [0, 0.05) is 43.3 Å². The zero-order chi connectivity index (χ0) is 16.9. The minimum Gasteiger partial charge on any atom is -0.336 e. The van der Waals surface area contributed by atoms with Crippen LogP contribution < -0.4 is 0 Å². The number of hydrogen-bond donors (Lipinski definition) is 0. The van der Waals surface area contributed by atoms with Crippen molar-refractivity contribution >= 4 is 17.5 Å². The number of amides is 1. The van der Waals surface area contributed by atoms with Crippen molar-refractivity contribution in [2.24, 2.45) is 0 Å². The van der Waals surface area contributed by atoms with E-state index >= 15 is 0 Å². The summed E-state index contributed by atoms with van der Waals surface area (Å²) in [4.78, 5) is 16.6. The lowest BCUT2D eigenvalue weighted by Crippen LogP contribution is -2.49. The highest BCUT2D eigenvalue weighted by atomic mass is 35.5. The number of piperazine rings is 1. The van der Waals surface area contributed by atoms with Crippen molar-refractivity contribution in [3.63, 3.8) is 0 Å². The Bertz CT molecular complexity index is 680. The molecular formula is C19H20ClFN2O. The first-order valence-corrected chi connectivity index (χ1v) is 8.51. The molecule has 1 heterocycles. The Morgan fingerprint density at radius 1 is 0.958 bits per heavy atom. The predicted molar refractivity (Wildman–Crippen MR) is 93.9 cm³/mol. The lowest BCUT2D eigenvalue weighted by atomic mass is 10.1. The highest BCUT2D eigenvalue weighted by molar-refractivity contribution is 6.30. The van der Waals surface area contributed by atoms with E-state index in [1.807, 2.05) is 17.0 Å². The van der Waals surface area contributed by atoms with E-state index in [0.717, 1.165) is 31.1 Å². The van der Waals surface area contributed by atoms with Gasteiger partial charge in [-0.05, 0) is 48.4 Å². The molecule has 0 aliphatic carbocycles. The maximum atomic E-state index is 13.0. The van der Waals surface area contributed by atoms with Gasteiger partial charge in [-0.2, -0.15) is 0 Å². The molecule has 3 nitrogen and oxygen atoms in total. The maximum Gasteiger partial charge on any atom is 0.253 e. The fourth-order valence-electron chi connectivity index (χ4n) is 2.89. The van der Waals surface area contributed by atoms with E-state index in [2.05, 4.69) is 17.0 Å². The fourth-order valence-corrected chi connectivity index (χ4v) is 3.01. The quantitative estimate of drug-likeness (QED) is 0.846. The Kier molecular flexibility index (Phi) is 5.48. The van der Waals surface area contributed by atoms with Crippen LogP contribution in [0.4, 0.5) is 4.39 Å². The standard InChI is InChI=1S/C19H20ClFN2O/c20-17-5-1-15(2-6-17)9-10-22-11-13-23(14-12-22)19(24)16-3-7-18(21)8-4-16/h1-8H,9-14H2. The topological polar surface area (TPSA) is 23.6 Å². The summed E-state index contributed by atoms with van der Waals surface area (Å²) < 4.78 is 13.0.